The predicted molar refractivity (Wildman–Crippen MR) is 61.6 cm³/mol. The van der Waals surface area contributed by atoms with E-state index < -0.39 is 5.97 Å². The monoisotopic (exact) mass is 233 g/mol. The lowest BCUT2D eigenvalue weighted by atomic mass is 10.1. The summed E-state index contributed by atoms with van der Waals surface area (Å²) in [5.74, 6) is -1.07. The fourth-order valence-corrected chi connectivity index (χ4v) is 1.57. The summed E-state index contributed by atoms with van der Waals surface area (Å²) in [7, 11) is 0. The average molecular weight is 234 g/mol. The number of carboxylic acid groups (broad SMARTS) is 1. The van der Waals surface area contributed by atoms with E-state index in [9.17, 15) is 4.79 Å². The summed E-state index contributed by atoms with van der Waals surface area (Å²) in [6.07, 6.45) is 1.56. The zero-order valence-corrected chi connectivity index (χ0v) is 8.98. The topological polar surface area (TPSA) is 50.2 Å². The summed E-state index contributed by atoms with van der Waals surface area (Å²) < 4.78 is 0. The number of hydrogen-bond donors (Lipinski definition) is 1. The minimum Gasteiger partial charge on any atom is -0.478 e. The van der Waals surface area contributed by atoms with Gasteiger partial charge in [0.2, 0.25) is 0 Å². The number of rotatable bonds is 2. The van der Waals surface area contributed by atoms with E-state index in [0.717, 1.165) is 11.1 Å². The molecule has 1 aromatic carbocycles. The smallest absolute Gasteiger partial charge is 0.338 e. The Morgan fingerprint density at radius 2 is 1.88 bits per heavy atom. The molecule has 3 nitrogen and oxygen atoms in total. The molecule has 0 amide bonds. The zero-order valence-electron chi connectivity index (χ0n) is 8.22. The molecule has 0 aliphatic carbocycles. The van der Waals surface area contributed by atoms with Crippen molar-refractivity contribution in [1.29, 1.82) is 0 Å². The minimum atomic E-state index is -1.07. The predicted octanol–water partition coefficient (Wildman–Crippen LogP) is 3.10. The Labute approximate surface area is 97.3 Å². The molecule has 0 saturated carbocycles. The molecule has 0 bridgehead atoms. The zero-order chi connectivity index (χ0) is 11.5. The number of hydrogen-bond acceptors (Lipinski definition) is 2. The molecule has 2 aromatic rings. The van der Waals surface area contributed by atoms with Gasteiger partial charge in [-0.2, -0.15) is 0 Å². The van der Waals surface area contributed by atoms with Gasteiger partial charge in [-0.25, -0.2) is 9.78 Å². The van der Waals surface area contributed by atoms with Crippen LogP contribution in [0.25, 0.3) is 11.1 Å². The Kier molecular flexibility index (Phi) is 2.88. The first-order valence-corrected chi connectivity index (χ1v) is 5.00. The highest BCUT2D eigenvalue weighted by Crippen LogP contribution is 2.22. The minimum absolute atomic E-state index is 0.00665. The van der Waals surface area contributed by atoms with Gasteiger partial charge in [0.25, 0.3) is 0 Å². The summed E-state index contributed by atoms with van der Waals surface area (Å²) in [5.41, 5.74) is 1.67. The van der Waals surface area contributed by atoms with Crippen molar-refractivity contribution in [1.82, 2.24) is 4.98 Å². The second kappa shape index (κ2) is 4.33. The third-order valence-corrected chi connectivity index (χ3v) is 2.48. The second-order valence-corrected chi connectivity index (χ2v) is 3.59. The summed E-state index contributed by atoms with van der Waals surface area (Å²) in [6.45, 7) is 0. The fraction of sp³-hybridized carbons (Fsp3) is 0. The first-order valence-electron chi connectivity index (χ1n) is 4.63. The van der Waals surface area contributed by atoms with Crippen LogP contribution in [0.4, 0.5) is 0 Å². The van der Waals surface area contributed by atoms with Gasteiger partial charge in [0.1, 0.15) is 5.15 Å². The number of pyridine rings is 1. The Hall–Kier alpha value is -1.87. The Morgan fingerprint density at radius 3 is 2.50 bits per heavy atom. The number of halogens is 1. The van der Waals surface area contributed by atoms with Gasteiger partial charge < -0.3 is 5.11 Å². The van der Waals surface area contributed by atoms with E-state index in [1.54, 1.807) is 6.20 Å². The van der Waals surface area contributed by atoms with Crippen LogP contribution in [-0.2, 0) is 0 Å². The molecule has 0 aliphatic heterocycles. The summed E-state index contributed by atoms with van der Waals surface area (Å²) in [4.78, 5) is 14.7. The van der Waals surface area contributed by atoms with Crippen molar-refractivity contribution in [3.63, 3.8) is 0 Å². The van der Waals surface area contributed by atoms with Crippen LogP contribution < -0.4 is 0 Å². The molecule has 1 aromatic heterocycles. The normalized spacial score (nSPS) is 10.1. The van der Waals surface area contributed by atoms with E-state index in [1.165, 1.54) is 6.07 Å². The number of benzene rings is 1. The summed E-state index contributed by atoms with van der Waals surface area (Å²) in [6, 6.07) is 10.9. The first-order chi connectivity index (χ1) is 7.68. The molecule has 0 saturated heterocycles. The molecule has 0 radical (unpaired) electrons. The Morgan fingerprint density at radius 1 is 1.19 bits per heavy atom. The third-order valence-electron chi connectivity index (χ3n) is 2.18. The van der Waals surface area contributed by atoms with Gasteiger partial charge in [0.15, 0.2) is 0 Å². The lowest BCUT2D eigenvalue weighted by molar-refractivity contribution is 0.0696. The van der Waals surface area contributed by atoms with Gasteiger partial charge in [-0.1, -0.05) is 41.9 Å². The standard InChI is InChI=1S/C12H8ClNO2/c13-11-10(12(15)16)6-9(7-14-11)8-4-2-1-3-5-8/h1-7H,(H,15,16). The van der Waals surface area contributed by atoms with Gasteiger partial charge in [0, 0.05) is 11.8 Å². The maximum absolute atomic E-state index is 10.9. The SMILES string of the molecule is O=C(O)c1cc(-c2ccccc2)cnc1Cl. The van der Waals surface area contributed by atoms with Crippen LogP contribution in [0.1, 0.15) is 10.4 Å². The quantitative estimate of drug-likeness (QED) is 0.811. The molecule has 80 valence electrons. The van der Waals surface area contributed by atoms with Crippen molar-refractivity contribution in [3.05, 3.63) is 53.3 Å². The number of aromatic nitrogens is 1. The van der Waals surface area contributed by atoms with E-state index in [0.29, 0.717) is 0 Å². The molecule has 16 heavy (non-hydrogen) atoms. The van der Waals surface area contributed by atoms with Crippen molar-refractivity contribution in [3.8, 4) is 11.1 Å². The average Bonchev–Trinajstić information content (AvgIpc) is 2.30. The van der Waals surface area contributed by atoms with Gasteiger partial charge in [0.05, 0.1) is 5.56 Å². The molecule has 4 heteroatoms. The first kappa shape index (κ1) is 10.6. The third kappa shape index (κ3) is 2.04. The highest BCUT2D eigenvalue weighted by Gasteiger charge is 2.11. The van der Waals surface area contributed by atoms with E-state index in [4.69, 9.17) is 16.7 Å². The molecular weight excluding hydrogens is 226 g/mol. The molecule has 0 spiro atoms. The van der Waals surface area contributed by atoms with Crippen LogP contribution in [-0.4, -0.2) is 16.1 Å². The number of nitrogens with zero attached hydrogens (tertiary/aromatic N) is 1. The highest BCUT2D eigenvalue weighted by molar-refractivity contribution is 6.32. The van der Waals surface area contributed by atoms with E-state index >= 15 is 0 Å². The number of carboxylic acids is 1. The highest BCUT2D eigenvalue weighted by atomic mass is 35.5. The van der Waals surface area contributed by atoms with E-state index in [-0.39, 0.29) is 10.7 Å². The van der Waals surface area contributed by atoms with Crippen LogP contribution in [0.2, 0.25) is 5.15 Å². The Balaban J connectivity index is 2.52. The maximum Gasteiger partial charge on any atom is 0.338 e. The van der Waals surface area contributed by atoms with Gasteiger partial charge in [-0.3, -0.25) is 0 Å². The molecule has 0 fully saturated rings. The molecule has 1 N–H and O–H groups in total. The lowest BCUT2D eigenvalue weighted by Crippen LogP contribution is -1.99. The van der Waals surface area contributed by atoms with Crippen LogP contribution in [0, 0.1) is 0 Å². The lowest BCUT2D eigenvalue weighted by Gasteiger charge is -2.03. The number of carbonyl (C=O) groups is 1. The number of aromatic carboxylic acids is 1. The van der Waals surface area contributed by atoms with E-state index in [2.05, 4.69) is 4.98 Å². The molecule has 2 rings (SSSR count). The largest absolute Gasteiger partial charge is 0.478 e. The molecule has 0 aliphatic rings. The van der Waals surface area contributed by atoms with Crippen LogP contribution >= 0.6 is 11.6 Å². The van der Waals surface area contributed by atoms with Crippen molar-refractivity contribution >= 4 is 17.6 Å². The van der Waals surface area contributed by atoms with Crippen molar-refractivity contribution in [2.75, 3.05) is 0 Å². The van der Waals surface area contributed by atoms with E-state index in [1.807, 2.05) is 30.3 Å². The Bertz CT molecular complexity index is 526. The van der Waals surface area contributed by atoms with Crippen LogP contribution in [0.15, 0.2) is 42.6 Å². The van der Waals surface area contributed by atoms with Crippen LogP contribution in [0.3, 0.4) is 0 Å². The maximum atomic E-state index is 10.9. The molecular formula is C12H8ClNO2. The van der Waals surface area contributed by atoms with Gasteiger partial charge in [-0.15, -0.1) is 0 Å². The van der Waals surface area contributed by atoms with Crippen molar-refractivity contribution in [2.45, 2.75) is 0 Å². The van der Waals surface area contributed by atoms with Crippen molar-refractivity contribution < 1.29 is 9.90 Å². The molecule has 0 atom stereocenters. The van der Waals surface area contributed by atoms with Gasteiger partial charge >= 0.3 is 5.97 Å². The fourth-order valence-electron chi connectivity index (χ4n) is 1.39. The summed E-state index contributed by atoms with van der Waals surface area (Å²) >= 11 is 5.69. The molecule has 0 unspecified atom stereocenters. The van der Waals surface area contributed by atoms with Crippen LogP contribution in [0.5, 0.6) is 0 Å². The molecule has 1 heterocycles. The van der Waals surface area contributed by atoms with Gasteiger partial charge in [-0.05, 0) is 11.6 Å². The second-order valence-electron chi connectivity index (χ2n) is 3.23. The van der Waals surface area contributed by atoms with Crippen molar-refractivity contribution in [2.24, 2.45) is 0 Å². The summed E-state index contributed by atoms with van der Waals surface area (Å²) in [5, 5.41) is 8.92.